The van der Waals surface area contributed by atoms with E-state index >= 15 is 0 Å². The lowest BCUT2D eigenvalue weighted by Gasteiger charge is -2.19. The molecule has 1 unspecified atom stereocenters. The molecule has 0 amide bonds. The van der Waals surface area contributed by atoms with Crippen LogP contribution in [0.2, 0.25) is 0 Å². The van der Waals surface area contributed by atoms with Crippen molar-refractivity contribution in [2.24, 2.45) is 0 Å². The van der Waals surface area contributed by atoms with Crippen molar-refractivity contribution in [2.45, 2.75) is 31.7 Å². The van der Waals surface area contributed by atoms with Gasteiger partial charge in [0.05, 0.1) is 6.61 Å². The van der Waals surface area contributed by atoms with Gasteiger partial charge in [-0.1, -0.05) is 12.2 Å². The Kier molecular flexibility index (Phi) is 6.48. The van der Waals surface area contributed by atoms with Crippen LogP contribution in [0.1, 0.15) is 19.3 Å². The summed E-state index contributed by atoms with van der Waals surface area (Å²) in [4.78, 5) is 3.07. The van der Waals surface area contributed by atoms with Gasteiger partial charge in [0.25, 0.3) is 0 Å². The maximum absolute atomic E-state index is 11.7. The molecule has 0 aromatic carbocycles. The van der Waals surface area contributed by atoms with Gasteiger partial charge in [-0.25, -0.2) is 0 Å². The van der Waals surface area contributed by atoms with Gasteiger partial charge >= 0.3 is 6.36 Å². The molecule has 1 fully saturated rings. The van der Waals surface area contributed by atoms with Crippen LogP contribution in [0.25, 0.3) is 0 Å². The molecule has 106 valence electrons. The Balaban J connectivity index is 2.00. The third kappa shape index (κ3) is 7.25. The number of ether oxygens (including phenoxy) is 1. The van der Waals surface area contributed by atoms with Crippen LogP contribution in [0.5, 0.6) is 0 Å². The topological polar surface area (TPSA) is 24.5 Å². The number of nitrogens with one attached hydrogen (secondary N) is 1. The lowest BCUT2D eigenvalue weighted by atomic mass is 10.1. The minimum Gasteiger partial charge on any atom is -0.309 e. The van der Waals surface area contributed by atoms with Crippen molar-refractivity contribution in [3.05, 3.63) is 0 Å². The molecule has 18 heavy (non-hydrogen) atoms. The summed E-state index contributed by atoms with van der Waals surface area (Å²) in [6.45, 7) is 1.99. The summed E-state index contributed by atoms with van der Waals surface area (Å²) in [5.41, 5.74) is 0. The zero-order valence-corrected chi connectivity index (χ0v) is 11.2. The van der Waals surface area contributed by atoms with Gasteiger partial charge in [0, 0.05) is 24.0 Å². The lowest BCUT2D eigenvalue weighted by Crippen LogP contribution is -2.29. The van der Waals surface area contributed by atoms with Crippen LogP contribution in [0.3, 0.4) is 0 Å². The number of hydrogen-bond donors (Lipinski definition) is 1. The fraction of sp³-hybridized carbons (Fsp3) is 0.909. The zero-order chi connectivity index (χ0) is 13.6. The molecule has 1 atom stereocenters. The van der Waals surface area contributed by atoms with E-state index in [9.17, 15) is 13.2 Å². The van der Waals surface area contributed by atoms with Gasteiger partial charge < -0.3 is 10.2 Å². The number of alkyl halides is 3. The van der Waals surface area contributed by atoms with Crippen molar-refractivity contribution in [3.8, 4) is 0 Å². The predicted octanol–water partition coefficient (Wildman–Crippen LogP) is 1.97. The number of thiocarbonyl (C=S) groups is 1. The van der Waals surface area contributed by atoms with Crippen LogP contribution in [-0.4, -0.2) is 55.5 Å². The van der Waals surface area contributed by atoms with Crippen LogP contribution in [0.4, 0.5) is 13.2 Å². The second-order valence-corrected chi connectivity index (χ2v) is 5.14. The molecule has 0 aromatic rings. The van der Waals surface area contributed by atoms with Gasteiger partial charge in [-0.05, 0) is 32.9 Å². The summed E-state index contributed by atoms with van der Waals surface area (Å²) >= 11 is 5.10. The Morgan fingerprint density at radius 3 is 2.72 bits per heavy atom. The van der Waals surface area contributed by atoms with Gasteiger partial charge in [-0.3, -0.25) is 4.74 Å². The fourth-order valence-corrected chi connectivity index (χ4v) is 2.18. The first kappa shape index (κ1) is 15.8. The minimum atomic E-state index is -4.51. The van der Waals surface area contributed by atoms with Crippen molar-refractivity contribution < 1.29 is 17.9 Å². The Hall–Kier alpha value is -0.240. The van der Waals surface area contributed by atoms with E-state index in [1.807, 2.05) is 11.9 Å². The molecule has 1 aliphatic rings. The first-order chi connectivity index (χ1) is 8.37. The van der Waals surface area contributed by atoms with Crippen molar-refractivity contribution >= 4 is 17.1 Å². The molecule has 1 N–H and O–H groups in total. The molecule has 3 nitrogen and oxygen atoms in total. The number of rotatable bonds is 7. The quantitative estimate of drug-likeness (QED) is 0.570. The van der Waals surface area contributed by atoms with Crippen LogP contribution < -0.4 is 5.32 Å². The van der Waals surface area contributed by atoms with Crippen LogP contribution in [0, 0.1) is 0 Å². The second-order valence-electron chi connectivity index (χ2n) is 4.56. The maximum Gasteiger partial charge on any atom is 0.522 e. The maximum atomic E-state index is 11.7. The molecule has 7 heteroatoms. The highest BCUT2D eigenvalue weighted by Crippen LogP contribution is 2.16. The first-order valence-electron chi connectivity index (χ1n) is 6.01. The Bertz CT molecular complexity index is 274. The van der Waals surface area contributed by atoms with E-state index in [0.29, 0.717) is 19.0 Å². The van der Waals surface area contributed by atoms with Crippen LogP contribution in [-0.2, 0) is 4.74 Å². The molecule has 0 bridgehead atoms. The summed E-state index contributed by atoms with van der Waals surface area (Å²) in [6.07, 6.45) is -2.23. The summed E-state index contributed by atoms with van der Waals surface area (Å²) in [7, 11) is 1.90. The third-order valence-corrected chi connectivity index (χ3v) is 3.18. The minimum absolute atomic E-state index is 0.278. The Morgan fingerprint density at radius 2 is 2.17 bits per heavy atom. The van der Waals surface area contributed by atoms with Crippen molar-refractivity contribution in [2.75, 3.05) is 33.3 Å². The van der Waals surface area contributed by atoms with Gasteiger partial charge in [0.2, 0.25) is 0 Å². The van der Waals surface area contributed by atoms with E-state index in [2.05, 4.69) is 10.1 Å². The van der Waals surface area contributed by atoms with E-state index < -0.39 is 6.36 Å². The van der Waals surface area contributed by atoms with Gasteiger partial charge in [0.1, 0.15) is 0 Å². The molecule has 0 aliphatic carbocycles. The normalized spacial score (nSPS) is 20.9. The highest BCUT2D eigenvalue weighted by molar-refractivity contribution is 7.80. The smallest absolute Gasteiger partial charge is 0.309 e. The molecular formula is C11H19F3N2OS. The van der Waals surface area contributed by atoms with Gasteiger partial charge in [-0.15, -0.1) is 13.2 Å². The zero-order valence-electron chi connectivity index (χ0n) is 10.4. The highest BCUT2D eigenvalue weighted by atomic mass is 32.1. The van der Waals surface area contributed by atoms with Crippen molar-refractivity contribution in [3.63, 3.8) is 0 Å². The van der Waals surface area contributed by atoms with Gasteiger partial charge in [0.15, 0.2) is 0 Å². The monoisotopic (exact) mass is 284 g/mol. The molecule has 0 spiro atoms. The van der Waals surface area contributed by atoms with E-state index in [0.717, 1.165) is 30.8 Å². The predicted molar refractivity (Wildman–Crippen MR) is 67.7 cm³/mol. The molecule has 1 rings (SSSR count). The average Bonchev–Trinajstić information content (AvgIpc) is 2.66. The lowest BCUT2D eigenvalue weighted by molar-refractivity contribution is -0.324. The van der Waals surface area contributed by atoms with Gasteiger partial charge in [-0.2, -0.15) is 0 Å². The van der Waals surface area contributed by atoms with E-state index in [1.165, 1.54) is 0 Å². The molecule has 0 aromatic heterocycles. The SMILES string of the molecule is CN(CCCOC(F)(F)F)CCC1CC(=S)CN1. The van der Waals surface area contributed by atoms with Crippen molar-refractivity contribution in [1.82, 2.24) is 10.2 Å². The highest BCUT2D eigenvalue weighted by Gasteiger charge is 2.28. The number of nitrogens with zero attached hydrogens (tertiary/aromatic N) is 1. The molecule has 1 heterocycles. The number of halogens is 3. The fourth-order valence-electron chi connectivity index (χ4n) is 1.89. The standard InChI is InChI=1S/C11H19F3N2OS/c1-16(4-2-6-17-11(12,13)14)5-3-9-7-10(18)8-15-9/h9,15H,2-8H2,1H3. The molecule has 0 radical (unpaired) electrons. The van der Waals surface area contributed by atoms with Crippen LogP contribution >= 0.6 is 12.2 Å². The summed E-state index contributed by atoms with van der Waals surface area (Å²) in [5.74, 6) is 0. The van der Waals surface area contributed by atoms with Crippen LogP contribution in [0.15, 0.2) is 0 Å². The Labute approximate surface area is 111 Å². The molecule has 1 aliphatic heterocycles. The molecule has 0 saturated carbocycles. The largest absolute Gasteiger partial charge is 0.522 e. The third-order valence-electron chi connectivity index (χ3n) is 2.87. The Morgan fingerprint density at radius 1 is 1.44 bits per heavy atom. The van der Waals surface area contributed by atoms with Crippen molar-refractivity contribution in [1.29, 1.82) is 0 Å². The summed E-state index contributed by atoms with van der Waals surface area (Å²) < 4.78 is 38.9. The second kappa shape index (κ2) is 7.37. The molecule has 1 saturated heterocycles. The number of hydrogen-bond acceptors (Lipinski definition) is 4. The van der Waals surface area contributed by atoms with E-state index in [-0.39, 0.29) is 6.61 Å². The summed E-state index contributed by atoms with van der Waals surface area (Å²) in [5, 5.41) is 3.31. The summed E-state index contributed by atoms with van der Waals surface area (Å²) in [6, 6.07) is 0.423. The van der Waals surface area contributed by atoms with E-state index in [1.54, 1.807) is 0 Å². The van der Waals surface area contributed by atoms with E-state index in [4.69, 9.17) is 12.2 Å². The molecular weight excluding hydrogens is 265 g/mol. The first-order valence-corrected chi connectivity index (χ1v) is 6.42. The average molecular weight is 284 g/mol.